The first-order chi connectivity index (χ1) is 8.54. The van der Waals surface area contributed by atoms with Crippen LogP contribution in [-0.4, -0.2) is 10.9 Å². The van der Waals surface area contributed by atoms with Gasteiger partial charge in [0.1, 0.15) is 10.7 Å². The van der Waals surface area contributed by atoms with Crippen LogP contribution in [0.15, 0.2) is 35.1 Å². The van der Waals surface area contributed by atoms with Crippen LogP contribution in [0.1, 0.15) is 9.67 Å². The molecule has 0 aliphatic heterocycles. The first-order valence-electron chi connectivity index (χ1n) is 4.89. The third-order valence-corrected chi connectivity index (χ3v) is 2.84. The molecule has 0 atom stereocenters. The zero-order valence-electron chi connectivity index (χ0n) is 9.01. The Hall–Kier alpha value is -2.28. The third kappa shape index (κ3) is 2.89. The summed E-state index contributed by atoms with van der Waals surface area (Å²) in [6.07, 6.45) is 0. The number of amides is 1. The highest BCUT2D eigenvalue weighted by atomic mass is 32.1. The molecule has 1 heterocycles. The highest BCUT2D eigenvalue weighted by molar-refractivity contribution is 7.17. The van der Waals surface area contributed by atoms with Crippen molar-refractivity contribution in [3.8, 4) is 0 Å². The lowest BCUT2D eigenvalue weighted by atomic mass is 10.3. The molecule has 0 bridgehead atoms. The van der Waals surface area contributed by atoms with E-state index < -0.39 is 17.3 Å². The second-order valence-electron chi connectivity index (χ2n) is 3.36. The Bertz CT molecular complexity index is 639. The molecule has 0 aliphatic rings. The zero-order valence-corrected chi connectivity index (χ0v) is 9.83. The van der Waals surface area contributed by atoms with Gasteiger partial charge in [0, 0.05) is 11.8 Å². The number of aromatic nitrogens is 1. The van der Waals surface area contributed by atoms with Gasteiger partial charge in [-0.25, -0.2) is 4.39 Å². The van der Waals surface area contributed by atoms with E-state index in [9.17, 15) is 14.0 Å². The van der Waals surface area contributed by atoms with Crippen LogP contribution in [0.4, 0.5) is 15.2 Å². The van der Waals surface area contributed by atoms with Crippen molar-refractivity contribution in [1.29, 1.82) is 0 Å². The molecule has 1 amide bonds. The molecule has 0 spiro atoms. The van der Waals surface area contributed by atoms with Gasteiger partial charge in [0.05, 0.1) is 0 Å². The molecule has 0 unspecified atom stereocenters. The quantitative estimate of drug-likeness (QED) is 0.861. The lowest BCUT2D eigenvalue weighted by Gasteiger charge is -2.04. The summed E-state index contributed by atoms with van der Waals surface area (Å²) in [6, 6.07) is 6.37. The summed E-state index contributed by atoms with van der Waals surface area (Å²) in [5.41, 5.74) is 5.24. The van der Waals surface area contributed by atoms with Gasteiger partial charge in [-0.1, -0.05) is 11.3 Å². The van der Waals surface area contributed by atoms with E-state index in [2.05, 4.69) is 10.3 Å². The molecule has 18 heavy (non-hydrogen) atoms. The van der Waals surface area contributed by atoms with E-state index in [1.165, 1.54) is 24.3 Å². The Morgan fingerprint density at radius 3 is 2.61 bits per heavy atom. The van der Waals surface area contributed by atoms with Crippen LogP contribution >= 0.6 is 11.3 Å². The van der Waals surface area contributed by atoms with Crippen LogP contribution in [0.25, 0.3) is 0 Å². The average Bonchev–Trinajstić information content (AvgIpc) is 2.31. The first-order valence-corrected chi connectivity index (χ1v) is 5.71. The predicted octanol–water partition coefficient (Wildman–Crippen LogP) is 1.48. The molecule has 7 heteroatoms. The van der Waals surface area contributed by atoms with Crippen molar-refractivity contribution in [2.24, 2.45) is 0 Å². The fraction of sp³-hybridized carbons (Fsp3) is 0. The molecule has 92 valence electrons. The number of carbonyl (C=O) groups is 1. The molecule has 0 fully saturated rings. The van der Waals surface area contributed by atoms with Gasteiger partial charge in [0.25, 0.3) is 11.5 Å². The first kappa shape index (κ1) is 12.2. The molecule has 1 aromatic heterocycles. The van der Waals surface area contributed by atoms with Crippen molar-refractivity contribution in [1.82, 2.24) is 4.98 Å². The van der Waals surface area contributed by atoms with Crippen LogP contribution in [0.3, 0.4) is 0 Å². The van der Waals surface area contributed by atoms with E-state index in [0.717, 1.165) is 17.4 Å². The van der Waals surface area contributed by atoms with Gasteiger partial charge in [-0.05, 0) is 24.3 Å². The maximum absolute atomic E-state index is 12.7. The third-order valence-electron chi connectivity index (χ3n) is 2.02. The number of halogens is 1. The number of nitrogens with two attached hydrogens (primary N) is 1. The summed E-state index contributed by atoms with van der Waals surface area (Å²) in [5.74, 6) is -0.886. The molecular formula is C11H8FN3O2S. The SMILES string of the molecule is Nc1nc(=O)cc(C(=O)Nc2ccc(F)cc2)s1. The van der Waals surface area contributed by atoms with Gasteiger partial charge in [-0.2, -0.15) is 4.98 Å². The minimum absolute atomic E-state index is 0.0201. The molecule has 0 aliphatic carbocycles. The van der Waals surface area contributed by atoms with Crippen molar-refractivity contribution in [3.05, 3.63) is 51.4 Å². The molecule has 5 nitrogen and oxygen atoms in total. The van der Waals surface area contributed by atoms with Gasteiger partial charge >= 0.3 is 0 Å². The lowest BCUT2D eigenvalue weighted by Crippen LogP contribution is -2.15. The highest BCUT2D eigenvalue weighted by Crippen LogP contribution is 2.14. The topological polar surface area (TPSA) is 85.1 Å². The van der Waals surface area contributed by atoms with E-state index in [-0.39, 0.29) is 10.0 Å². The number of anilines is 2. The second kappa shape index (κ2) is 4.92. The minimum Gasteiger partial charge on any atom is -0.375 e. The average molecular weight is 265 g/mol. The standard InChI is InChI=1S/C11H8FN3O2S/c12-6-1-3-7(4-2-6)14-10(17)8-5-9(16)15-11(13)18-8/h1-5H,(H,14,17)(H2,13,15,16). The van der Waals surface area contributed by atoms with Gasteiger partial charge < -0.3 is 11.1 Å². The van der Waals surface area contributed by atoms with Crippen molar-refractivity contribution >= 4 is 28.1 Å². The number of hydrogen-bond acceptors (Lipinski definition) is 5. The van der Waals surface area contributed by atoms with Crippen molar-refractivity contribution in [2.75, 3.05) is 11.1 Å². The summed E-state index contributed by atoms with van der Waals surface area (Å²) < 4.78 is 12.7. The fourth-order valence-electron chi connectivity index (χ4n) is 1.26. The molecule has 3 N–H and O–H groups in total. The number of benzene rings is 1. The maximum Gasteiger partial charge on any atom is 0.273 e. The van der Waals surface area contributed by atoms with Crippen molar-refractivity contribution in [3.63, 3.8) is 0 Å². The van der Waals surface area contributed by atoms with Crippen LogP contribution < -0.4 is 16.6 Å². The van der Waals surface area contributed by atoms with E-state index in [0.29, 0.717) is 5.69 Å². The molecule has 2 rings (SSSR count). The Balaban J connectivity index is 2.21. The molecule has 0 saturated heterocycles. The number of hydrogen-bond donors (Lipinski definition) is 2. The van der Waals surface area contributed by atoms with Gasteiger partial charge in [-0.15, -0.1) is 0 Å². The van der Waals surface area contributed by atoms with Crippen LogP contribution in [0, 0.1) is 5.82 Å². The molecule has 0 saturated carbocycles. The van der Waals surface area contributed by atoms with E-state index in [1.807, 2.05) is 0 Å². The normalized spacial score (nSPS) is 10.1. The molecule has 0 radical (unpaired) electrons. The highest BCUT2D eigenvalue weighted by Gasteiger charge is 2.09. The van der Waals surface area contributed by atoms with E-state index in [4.69, 9.17) is 5.73 Å². The Kier molecular flexibility index (Phi) is 3.33. The number of carbonyl (C=O) groups excluding carboxylic acids is 1. The second-order valence-corrected chi connectivity index (χ2v) is 4.42. The summed E-state index contributed by atoms with van der Waals surface area (Å²) in [4.78, 5) is 26.5. The summed E-state index contributed by atoms with van der Waals surface area (Å²) in [6.45, 7) is 0. The molecular weight excluding hydrogens is 257 g/mol. The van der Waals surface area contributed by atoms with Crippen LogP contribution in [-0.2, 0) is 0 Å². The number of rotatable bonds is 2. The molecule has 2 aromatic rings. The monoisotopic (exact) mass is 265 g/mol. The minimum atomic E-state index is -0.574. The van der Waals surface area contributed by atoms with Crippen LogP contribution in [0.2, 0.25) is 0 Å². The Morgan fingerprint density at radius 1 is 1.33 bits per heavy atom. The van der Waals surface area contributed by atoms with Crippen LogP contribution in [0.5, 0.6) is 0 Å². The lowest BCUT2D eigenvalue weighted by molar-refractivity contribution is 0.103. The fourth-order valence-corrected chi connectivity index (χ4v) is 1.92. The summed E-state index contributed by atoms with van der Waals surface area (Å²) in [7, 11) is 0. The zero-order chi connectivity index (χ0) is 13.1. The molecule has 1 aromatic carbocycles. The number of nitrogen functional groups attached to an aromatic ring is 1. The summed E-state index contributed by atoms with van der Waals surface area (Å²) >= 11 is 0.903. The smallest absolute Gasteiger partial charge is 0.273 e. The van der Waals surface area contributed by atoms with Gasteiger partial charge in [0.2, 0.25) is 0 Å². The Morgan fingerprint density at radius 2 is 2.00 bits per heavy atom. The maximum atomic E-state index is 12.7. The predicted molar refractivity (Wildman–Crippen MR) is 67.1 cm³/mol. The number of nitrogens with one attached hydrogen (secondary N) is 1. The Labute approximate surface area is 105 Å². The van der Waals surface area contributed by atoms with E-state index >= 15 is 0 Å². The van der Waals surface area contributed by atoms with Gasteiger partial charge in [-0.3, -0.25) is 9.59 Å². The largest absolute Gasteiger partial charge is 0.375 e. The van der Waals surface area contributed by atoms with Crippen molar-refractivity contribution < 1.29 is 9.18 Å². The van der Waals surface area contributed by atoms with Gasteiger partial charge in [0.15, 0.2) is 5.13 Å². The summed E-state index contributed by atoms with van der Waals surface area (Å²) in [5, 5.41) is 2.54. The van der Waals surface area contributed by atoms with Crippen molar-refractivity contribution in [2.45, 2.75) is 0 Å². The number of nitrogens with zero attached hydrogens (tertiary/aromatic N) is 1. The van der Waals surface area contributed by atoms with E-state index in [1.54, 1.807) is 0 Å².